The molecule has 4 heteroatoms. The summed E-state index contributed by atoms with van der Waals surface area (Å²) >= 11 is 17.4. The summed E-state index contributed by atoms with van der Waals surface area (Å²) in [6.07, 6.45) is 0.999. The third-order valence-corrected chi connectivity index (χ3v) is 3.12. The molecule has 15 heavy (non-hydrogen) atoms. The van der Waals surface area contributed by atoms with E-state index in [1.54, 1.807) is 0 Å². The maximum absolute atomic E-state index is 5.93. The van der Waals surface area contributed by atoms with Gasteiger partial charge in [-0.05, 0) is 37.7 Å². The summed E-state index contributed by atoms with van der Waals surface area (Å²) in [6, 6.07) is 5.72. The Kier molecular flexibility index (Phi) is 5.77. The molecule has 0 amide bonds. The molecule has 1 aromatic carbocycles. The summed E-state index contributed by atoms with van der Waals surface area (Å²) in [5.41, 5.74) is 1.17. The van der Waals surface area contributed by atoms with E-state index in [0.29, 0.717) is 15.9 Å². The third-order valence-electron chi connectivity index (χ3n) is 2.11. The van der Waals surface area contributed by atoms with Crippen LogP contribution in [0.3, 0.4) is 0 Å². The zero-order valence-electron chi connectivity index (χ0n) is 8.64. The Balaban J connectivity index is 2.53. The molecule has 0 bridgehead atoms. The first kappa shape index (κ1) is 13.1. The Morgan fingerprint density at radius 3 is 2.53 bits per heavy atom. The molecule has 0 spiro atoms. The number of nitrogens with zero attached hydrogens (tertiary/aromatic N) is 1. The molecule has 0 fully saturated rings. The third kappa shape index (κ3) is 4.60. The molecule has 0 radical (unpaired) electrons. The van der Waals surface area contributed by atoms with Gasteiger partial charge < -0.3 is 4.90 Å². The monoisotopic (exact) mass is 265 g/mol. The van der Waals surface area contributed by atoms with E-state index in [1.807, 2.05) is 18.2 Å². The maximum atomic E-state index is 5.93. The Morgan fingerprint density at radius 2 is 1.93 bits per heavy atom. The van der Waals surface area contributed by atoms with E-state index in [4.69, 9.17) is 34.8 Å². The fourth-order valence-electron chi connectivity index (χ4n) is 1.36. The zero-order chi connectivity index (χ0) is 11.3. The predicted octanol–water partition coefficient (Wildman–Crippen LogP) is 4.05. The van der Waals surface area contributed by atoms with E-state index >= 15 is 0 Å². The van der Waals surface area contributed by atoms with E-state index in [9.17, 15) is 0 Å². The van der Waals surface area contributed by atoms with Gasteiger partial charge in [0, 0.05) is 12.4 Å². The van der Waals surface area contributed by atoms with Gasteiger partial charge >= 0.3 is 0 Å². The summed E-state index contributed by atoms with van der Waals surface area (Å²) in [5.74, 6) is 0.700. The van der Waals surface area contributed by atoms with Gasteiger partial charge in [0.05, 0.1) is 10.0 Å². The number of halogens is 3. The van der Waals surface area contributed by atoms with Crippen molar-refractivity contribution in [1.82, 2.24) is 4.90 Å². The normalized spacial score (nSPS) is 11.0. The molecular weight excluding hydrogens is 252 g/mol. The van der Waals surface area contributed by atoms with Crippen molar-refractivity contribution in [3.63, 3.8) is 0 Å². The molecule has 0 aliphatic carbocycles. The minimum absolute atomic E-state index is 0.601. The lowest BCUT2D eigenvalue weighted by Gasteiger charge is -2.16. The van der Waals surface area contributed by atoms with Crippen LogP contribution in [0.15, 0.2) is 18.2 Å². The van der Waals surface area contributed by atoms with E-state index in [0.717, 1.165) is 19.5 Å². The van der Waals surface area contributed by atoms with Crippen LogP contribution in [0.2, 0.25) is 10.0 Å². The molecule has 0 aliphatic rings. The first-order valence-electron chi connectivity index (χ1n) is 4.82. The van der Waals surface area contributed by atoms with Crippen molar-refractivity contribution in [2.45, 2.75) is 13.0 Å². The Bertz CT molecular complexity index is 315. The van der Waals surface area contributed by atoms with Gasteiger partial charge in [0.25, 0.3) is 0 Å². The summed E-state index contributed by atoms with van der Waals surface area (Å²) in [5, 5.41) is 1.21. The minimum atomic E-state index is 0.601. The molecule has 84 valence electrons. The second kappa shape index (κ2) is 6.59. The van der Waals surface area contributed by atoms with Crippen molar-refractivity contribution < 1.29 is 0 Å². The highest BCUT2D eigenvalue weighted by Gasteiger charge is 2.02. The summed E-state index contributed by atoms with van der Waals surface area (Å²) in [6.45, 7) is 1.86. The fourth-order valence-corrected chi connectivity index (χ4v) is 1.80. The van der Waals surface area contributed by atoms with Gasteiger partial charge in [0.1, 0.15) is 0 Å². The van der Waals surface area contributed by atoms with E-state index in [-0.39, 0.29) is 0 Å². The van der Waals surface area contributed by atoms with Crippen LogP contribution in [-0.4, -0.2) is 24.4 Å². The van der Waals surface area contributed by atoms with Crippen LogP contribution in [0.1, 0.15) is 12.0 Å². The maximum Gasteiger partial charge on any atom is 0.0595 e. The van der Waals surface area contributed by atoms with Crippen molar-refractivity contribution in [1.29, 1.82) is 0 Å². The lowest BCUT2D eigenvalue weighted by Crippen LogP contribution is -2.19. The van der Waals surface area contributed by atoms with E-state index in [1.165, 1.54) is 5.56 Å². The SMILES string of the molecule is CN(CCCCl)Cc1ccc(Cl)c(Cl)c1. The molecule has 0 N–H and O–H groups in total. The Morgan fingerprint density at radius 1 is 1.20 bits per heavy atom. The van der Waals surface area contributed by atoms with Gasteiger partial charge in [-0.3, -0.25) is 0 Å². The number of alkyl halides is 1. The van der Waals surface area contributed by atoms with Gasteiger partial charge in [-0.25, -0.2) is 0 Å². The summed E-state index contributed by atoms with van der Waals surface area (Å²) in [7, 11) is 2.06. The molecule has 0 unspecified atom stereocenters. The molecule has 0 saturated heterocycles. The predicted molar refractivity (Wildman–Crippen MR) is 68.1 cm³/mol. The Hall–Kier alpha value is 0.0500. The lowest BCUT2D eigenvalue weighted by atomic mass is 10.2. The molecule has 0 aromatic heterocycles. The second-order valence-electron chi connectivity index (χ2n) is 3.53. The van der Waals surface area contributed by atoms with Gasteiger partial charge in [-0.15, -0.1) is 11.6 Å². The highest BCUT2D eigenvalue weighted by Crippen LogP contribution is 2.23. The number of rotatable bonds is 5. The molecule has 0 aliphatic heterocycles. The van der Waals surface area contributed by atoms with Crippen molar-refractivity contribution in [2.75, 3.05) is 19.5 Å². The smallest absolute Gasteiger partial charge is 0.0595 e. The Labute approximate surface area is 106 Å². The average molecular weight is 267 g/mol. The standard InChI is InChI=1S/C11H14Cl3N/c1-15(6-2-5-12)8-9-3-4-10(13)11(14)7-9/h3-4,7H,2,5-6,8H2,1H3. The van der Waals surface area contributed by atoms with Crippen LogP contribution >= 0.6 is 34.8 Å². The molecule has 1 rings (SSSR count). The van der Waals surface area contributed by atoms with Crippen LogP contribution in [0.4, 0.5) is 0 Å². The molecule has 1 aromatic rings. The number of hydrogen-bond acceptors (Lipinski definition) is 1. The van der Waals surface area contributed by atoms with Crippen LogP contribution in [0.25, 0.3) is 0 Å². The van der Waals surface area contributed by atoms with E-state index in [2.05, 4.69) is 11.9 Å². The van der Waals surface area contributed by atoms with Crippen LogP contribution in [0, 0.1) is 0 Å². The van der Waals surface area contributed by atoms with Gasteiger partial charge in [0.2, 0.25) is 0 Å². The van der Waals surface area contributed by atoms with Gasteiger partial charge in [-0.2, -0.15) is 0 Å². The lowest BCUT2D eigenvalue weighted by molar-refractivity contribution is 0.328. The minimum Gasteiger partial charge on any atom is -0.302 e. The highest BCUT2D eigenvalue weighted by molar-refractivity contribution is 6.42. The molecule has 0 heterocycles. The molecule has 1 nitrogen and oxygen atoms in total. The fraction of sp³-hybridized carbons (Fsp3) is 0.455. The van der Waals surface area contributed by atoms with Gasteiger partial charge in [0.15, 0.2) is 0 Å². The van der Waals surface area contributed by atoms with Crippen LogP contribution < -0.4 is 0 Å². The quantitative estimate of drug-likeness (QED) is 0.727. The molecule has 0 atom stereocenters. The van der Waals surface area contributed by atoms with Crippen molar-refractivity contribution >= 4 is 34.8 Å². The van der Waals surface area contributed by atoms with Gasteiger partial charge in [-0.1, -0.05) is 29.3 Å². The van der Waals surface area contributed by atoms with E-state index < -0.39 is 0 Å². The molecular formula is C11H14Cl3N. The molecule has 0 saturated carbocycles. The zero-order valence-corrected chi connectivity index (χ0v) is 10.9. The largest absolute Gasteiger partial charge is 0.302 e. The van der Waals surface area contributed by atoms with Crippen molar-refractivity contribution in [3.8, 4) is 0 Å². The summed E-state index contributed by atoms with van der Waals surface area (Å²) in [4.78, 5) is 2.21. The number of hydrogen-bond donors (Lipinski definition) is 0. The topological polar surface area (TPSA) is 3.24 Å². The first-order valence-corrected chi connectivity index (χ1v) is 6.11. The number of benzene rings is 1. The highest BCUT2D eigenvalue weighted by atomic mass is 35.5. The van der Waals surface area contributed by atoms with Crippen molar-refractivity contribution in [3.05, 3.63) is 33.8 Å². The first-order chi connectivity index (χ1) is 7.13. The van der Waals surface area contributed by atoms with Crippen molar-refractivity contribution in [2.24, 2.45) is 0 Å². The summed E-state index contributed by atoms with van der Waals surface area (Å²) < 4.78 is 0. The van der Waals surface area contributed by atoms with Crippen LogP contribution in [-0.2, 0) is 6.54 Å². The second-order valence-corrected chi connectivity index (χ2v) is 4.72. The van der Waals surface area contributed by atoms with Crippen LogP contribution in [0.5, 0.6) is 0 Å². The average Bonchev–Trinajstić information content (AvgIpc) is 2.20.